The summed E-state index contributed by atoms with van der Waals surface area (Å²) in [5, 5.41) is 11.8. The van der Waals surface area contributed by atoms with Crippen molar-refractivity contribution in [3.8, 4) is 11.8 Å². The van der Waals surface area contributed by atoms with E-state index in [9.17, 15) is 0 Å². The van der Waals surface area contributed by atoms with E-state index in [4.69, 9.17) is 28.0 Å². The fourth-order valence-electron chi connectivity index (χ4n) is 1.29. The van der Waals surface area contributed by atoms with Crippen LogP contribution in [0.15, 0.2) is 12.1 Å². The number of hydrogen-bond acceptors (Lipinski definition) is 3. The zero-order valence-electron chi connectivity index (χ0n) is 8.50. The molecule has 3 N–H and O–H groups in total. The SMILES string of the molecule is COc1ccc(C#N)c(NC(N)=S)c1C. The number of ether oxygens (including phenoxy) is 1. The molecule has 1 rings (SSSR count). The van der Waals surface area contributed by atoms with Gasteiger partial charge < -0.3 is 15.8 Å². The number of benzene rings is 1. The minimum absolute atomic E-state index is 0.128. The van der Waals surface area contributed by atoms with E-state index in [1.165, 1.54) is 0 Å². The second-order valence-electron chi connectivity index (χ2n) is 2.92. The number of nitriles is 1. The number of hydrogen-bond donors (Lipinski definition) is 2. The van der Waals surface area contributed by atoms with Gasteiger partial charge in [-0.05, 0) is 31.3 Å². The maximum Gasteiger partial charge on any atom is 0.168 e. The molecule has 0 spiro atoms. The molecule has 0 aromatic heterocycles. The molecular formula is C10H11N3OS. The normalized spacial score (nSPS) is 9.13. The Labute approximate surface area is 93.6 Å². The Kier molecular flexibility index (Phi) is 3.47. The zero-order chi connectivity index (χ0) is 11.4. The van der Waals surface area contributed by atoms with Gasteiger partial charge in [-0.25, -0.2) is 0 Å². The molecule has 0 amide bonds. The van der Waals surface area contributed by atoms with Crippen molar-refractivity contribution in [3.63, 3.8) is 0 Å². The largest absolute Gasteiger partial charge is 0.496 e. The highest BCUT2D eigenvalue weighted by molar-refractivity contribution is 7.80. The highest BCUT2D eigenvalue weighted by atomic mass is 32.1. The first-order valence-electron chi connectivity index (χ1n) is 4.24. The number of rotatable bonds is 2. The van der Waals surface area contributed by atoms with Gasteiger partial charge in [0.15, 0.2) is 5.11 Å². The summed E-state index contributed by atoms with van der Waals surface area (Å²) in [5.41, 5.74) is 7.28. The average Bonchev–Trinajstić information content (AvgIpc) is 2.20. The van der Waals surface area contributed by atoms with Crippen LogP contribution in [0.4, 0.5) is 5.69 Å². The van der Waals surface area contributed by atoms with E-state index >= 15 is 0 Å². The summed E-state index contributed by atoms with van der Waals surface area (Å²) in [6, 6.07) is 5.45. The summed E-state index contributed by atoms with van der Waals surface area (Å²) in [6.45, 7) is 1.83. The lowest BCUT2D eigenvalue weighted by molar-refractivity contribution is 0.412. The molecule has 0 heterocycles. The van der Waals surface area contributed by atoms with E-state index in [0.29, 0.717) is 17.0 Å². The Hall–Kier alpha value is -1.80. The van der Waals surface area contributed by atoms with Crippen LogP contribution < -0.4 is 15.8 Å². The lowest BCUT2D eigenvalue weighted by Crippen LogP contribution is -2.20. The van der Waals surface area contributed by atoms with Gasteiger partial charge >= 0.3 is 0 Å². The molecule has 1 aromatic carbocycles. The van der Waals surface area contributed by atoms with Crippen molar-refractivity contribution in [2.24, 2.45) is 5.73 Å². The quantitative estimate of drug-likeness (QED) is 0.741. The molecule has 0 radical (unpaired) electrons. The summed E-state index contributed by atoms with van der Waals surface area (Å²) in [6.07, 6.45) is 0. The van der Waals surface area contributed by atoms with E-state index in [2.05, 4.69) is 11.4 Å². The van der Waals surface area contributed by atoms with Gasteiger partial charge in [0.2, 0.25) is 0 Å². The summed E-state index contributed by atoms with van der Waals surface area (Å²) in [4.78, 5) is 0. The van der Waals surface area contributed by atoms with E-state index in [-0.39, 0.29) is 5.11 Å². The molecule has 0 unspecified atom stereocenters. The maximum absolute atomic E-state index is 8.90. The Morgan fingerprint density at radius 3 is 2.73 bits per heavy atom. The van der Waals surface area contributed by atoms with E-state index in [0.717, 1.165) is 5.56 Å². The van der Waals surface area contributed by atoms with Crippen molar-refractivity contribution in [2.75, 3.05) is 12.4 Å². The molecule has 5 heteroatoms. The van der Waals surface area contributed by atoms with Crippen molar-refractivity contribution in [2.45, 2.75) is 6.92 Å². The van der Waals surface area contributed by atoms with Crippen molar-refractivity contribution in [3.05, 3.63) is 23.3 Å². The standard InChI is InChI=1S/C10H11N3OS/c1-6-8(14-2)4-3-7(5-11)9(6)13-10(12)15/h3-4H,1-2H3,(H3,12,13,15). The number of nitrogens with zero attached hydrogens (tertiary/aromatic N) is 1. The number of methoxy groups -OCH3 is 1. The maximum atomic E-state index is 8.90. The van der Waals surface area contributed by atoms with Crippen molar-refractivity contribution in [1.82, 2.24) is 0 Å². The first-order chi connectivity index (χ1) is 7.10. The van der Waals surface area contributed by atoms with Crippen molar-refractivity contribution < 1.29 is 4.74 Å². The predicted molar refractivity (Wildman–Crippen MR) is 62.9 cm³/mol. The highest BCUT2D eigenvalue weighted by Gasteiger charge is 2.10. The molecular weight excluding hydrogens is 210 g/mol. The molecule has 0 saturated carbocycles. The van der Waals surface area contributed by atoms with Gasteiger partial charge in [0.1, 0.15) is 11.8 Å². The Morgan fingerprint density at radius 2 is 2.27 bits per heavy atom. The van der Waals surface area contributed by atoms with Crippen LogP contribution in [0, 0.1) is 18.3 Å². The number of anilines is 1. The molecule has 0 bridgehead atoms. The van der Waals surface area contributed by atoms with Crippen molar-refractivity contribution >= 4 is 23.0 Å². The summed E-state index contributed by atoms with van der Waals surface area (Å²) >= 11 is 4.74. The van der Waals surface area contributed by atoms with Gasteiger partial charge in [0, 0.05) is 5.56 Å². The molecule has 15 heavy (non-hydrogen) atoms. The second-order valence-corrected chi connectivity index (χ2v) is 3.36. The van der Waals surface area contributed by atoms with Crippen LogP contribution in [0.1, 0.15) is 11.1 Å². The van der Waals surface area contributed by atoms with Gasteiger partial charge in [-0.3, -0.25) is 0 Å². The minimum Gasteiger partial charge on any atom is -0.496 e. The lowest BCUT2D eigenvalue weighted by atomic mass is 10.1. The van der Waals surface area contributed by atoms with Crippen molar-refractivity contribution in [1.29, 1.82) is 5.26 Å². The third kappa shape index (κ3) is 2.36. The molecule has 78 valence electrons. The fraction of sp³-hybridized carbons (Fsp3) is 0.200. The summed E-state index contributed by atoms with van der Waals surface area (Å²) in [5.74, 6) is 0.688. The number of nitrogens with two attached hydrogens (primary N) is 1. The van der Waals surface area contributed by atoms with Crippen LogP contribution in [0.3, 0.4) is 0 Å². The monoisotopic (exact) mass is 221 g/mol. The number of nitrogens with one attached hydrogen (secondary N) is 1. The minimum atomic E-state index is 0.128. The molecule has 0 fully saturated rings. The van der Waals surface area contributed by atoms with E-state index in [1.54, 1.807) is 19.2 Å². The van der Waals surface area contributed by atoms with Crippen LogP contribution in [0.25, 0.3) is 0 Å². The molecule has 0 aliphatic heterocycles. The Morgan fingerprint density at radius 1 is 1.60 bits per heavy atom. The lowest BCUT2D eigenvalue weighted by Gasteiger charge is -2.12. The highest BCUT2D eigenvalue weighted by Crippen LogP contribution is 2.28. The zero-order valence-corrected chi connectivity index (χ0v) is 9.31. The topological polar surface area (TPSA) is 71.1 Å². The molecule has 0 atom stereocenters. The van der Waals surface area contributed by atoms with Crippen LogP contribution in [0.5, 0.6) is 5.75 Å². The first-order valence-corrected chi connectivity index (χ1v) is 4.65. The molecule has 1 aromatic rings. The summed E-state index contributed by atoms with van der Waals surface area (Å²) < 4.78 is 5.13. The van der Waals surface area contributed by atoms with Gasteiger partial charge in [-0.1, -0.05) is 0 Å². The Balaban J connectivity index is 3.30. The van der Waals surface area contributed by atoms with E-state index in [1.807, 2.05) is 6.92 Å². The van der Waals surface area contributed by atoms with Gasteiger partial charge in [0.25, 0.3) is 0 Å². The van der Waals surface area contributed by atoms with Crippen LogP contribution in [-0.4, -0.2) is 12.2 Å². The predicted octanol–water partition coefficient (Wildman–Crippen LogP) is 1.53. The van der Waals surface area contributed by atoms with Crippen LogP contribution in [0.2, 0.25) is 0 Å². The Bertz CT molecular complexity index is 437. The molecule has 0 aliphatic carbocycles. The molecule has 4 nitrogen and oxygen atoms in total. The molecule has 0 aliphatic rings. The number of thiocarbonyl (C=S) groups is 1. The van der Waals surface area contributed by atoms with Gasteiger partial charge in [-0.15, -0.1) is 0 Å². The first kappa shape index (κ1) is 11.3. The third-order valence-electron chi connectivity index (χ3n) is 2.00. The fourth-order valence-corrected chi connectivity index (χ4v) is 1.39. The van der Waals surface area contributed by atoms with Crippen LogP contribution in [-0.2, 0) is 0 Å². The van der Waals surface area contributed by atoms with Gasteiger partial charge in [0.05, 0.1) is 18.4 Å². The van der Waals surface area contributed by atoms with Crippen LogP contribution >= 0.6 is 12.2 Å². The smallest absolute Gasteiger partial charge is 0.168 e. The third-order valence-corrected chi connectivity index (χ3v) is 2.11. The van der Waals surface area contributed by atoms with E-state index < -0.39 is 0 Å². The van der Waals surface area contributed by atoms with Gasteiger partial charge in [-0.2, -0.15) is 5.26 Å². The average molecular weight is 221 g/mol. The molecule has 0 saturated heterocycles. The summed E-state index contributed by atoms with van der Waals surface area (Å²) in [7, 11) is 1.57. The second kappa shape index (κ2) is 4.62.